The molecule has 18 rings (SSSR count). The lowest BCUT2D eigenvalue weighted by molar-refractivity contribution is 1.07. The van der Waals surface area contributed by atoms with Gasteiger partial charge < -0.3 is 18.3 Å². The maximum atomic E-state index is 10.6. The minimum Gasteiger partial charge on any atom is -0.309 e. The number of fused-ring (bicyclic) bond motifs is 14. The summed E-state index contributed by atoms with van der Waals surface area (Å²) in [6, 6.07) is 110. The Bertz CT molecular complexity index is 5910. The van der Waals surface area contributed by atoms with Crippen molar-refractivity contribution < 1.29 is 0 Å². The highest BCUT2D eigenvalue weighted by Crippen LogP contribution is 2.47. The van der Waals surface area contributed by atoms with Gasteiger partial charge in [0, 0.05) is 82.3 Å². The Labute approximate surface area is 516 Å². The van der Waals surface area contributed by atoms with Crippen LogP contribution in [0.3, 0.4) is 0 Å². The van der Waals surface area contributed by atoms with Crippen molar-refractivity contribution in [1.82, 2.24) is 33.2 Å². The van der Waals surface area contributed by atoms with Gasteiger partial charge in [-0.15, -0.1) is 0 Å². The Morgan fingerprint density at radius 2 is 0.622 bits per heavy atom. The Hall–Kier alpha value is -12.4. The Morgan fingerprint density at radius 3 is 1.09 bits per heavy atom. The smallest absolute Gasteiger partial charge is 0.164 e. The predicted octanol–water partition coefficient (Wildman–Crippen LogP) is 20.5. The van der Waals surface area contributed by atoms with Crippen LogP contribution in [0.4, 0.5) is 0 Å². The minimum atomic E-state index is 0.551. The highest BCUT2D eigenvalue weighted by molar-refractivity contribution is 6.28. The molecule has 90 heavy (non-hydrogen) atoms. The standard InChI is InChI=1S/C82H50N8/c83-51-52-22-21-27-55(48-52)66-49-56(40-44-72(66)89-70-38-19-15-34-64(70)76-74(89)46-42-62-60-32-13-17-36-68(60)87(78(62)76)58-28-9-3-10-29-58)67-50-57(82-85-80(53-23-5-1-6-24-53)84-81(86-82)54-25-7-2-8-26-54)41-45-73(67)90-71-39-20-16-35-65(71)77-75(90)47-43-63-61-33-14-18-37-69(61)88(79(63)77)59-30-11-4-12-31-59/h1-50H. The van der Waals surface area contributed by atoms with Gasteiger partial charge in [0.2, 0.25) is 0 Å². The van der Waals surface area contributed by atoms with Crippen molar-refractivity contribution in [1.29, 1.82) is 5.26 Å². The summed E-state index contributed by atoms with van der Waals surface area (Å²) in [5.41, 5.74) is 20.0. The third-order valence-corrected chi connectivity index (χ3v) is 18.0. The van der Waals surface area contributed by atoms with Gasteiger partial charge in [-0.2, -0.15) is 5.26 Å². The van der Waals surface area contributed by atoms with Crippen LogP contribution in [0.5, 0.6) is 0 Å². The molecule has 0 aliphatic heterocycles. The van der Waals surface area contributed by atoms with Gasteiger partial charge in [-0.1, -0.05) is 200 Å². The number of para-hydroxylation sites is 6. The molecule has 0 unspecified atom stereocenters. The number of rotatable bonds is 9. The molecule has 0 aliphatic carbocycles. The van der Waals surface area contributed by atoms with Crippen molar-refractivity contribution in [3.05, 3.63) is 309 Å². The van der Waals surface area contributed by atoms with E-state index in [2.05, 4.69) is 249 Å². The van der Waals surface area contributed by atoms with E-state index in [0.717, 1.165) is 127 Å². The van der Waals surface area contributed by atoms with Gasteiger partial charge in [0.15, 0.2) is 17.5 Å². The Kier molecular flexibility index (Phi) is 11.5. The van der Waals surface area contributed by atoms with Gasteiger partial charge in [-0.3, -0.25) is 0 Å². The van der Waals surface area contributed by atoms with Crippen molar-refractivity contribution in [2.45, 2.75) is 0 Å². The lowest BCUT2D eigenvalue weighted by Crippen LogP contribution is -2.02. The average Bonchev–Trinajstić information content (AvgIpc) is 1.56. The van der Waals surface area contributed by atoms with Crippen molar-refractivity contribution in [3.8, 4) is 85.2 Å². The van der Waals surface area contributed by atoms with Crippen LogP contribution in [0.1, 0.15) is 5.56 Å². The zero-order chi connectivity index (χ0) is 59.4. The Morgan fingerprint density at radius 1 is 0.256 bits per heavy atom. The van der Waals surface area contributed by atoms with E-state index in [1.165, 1.54) is 21.5 Å². The van der Waals surface area contributed by atoms with E-state index in [9.17, 15) is 5.26 Å². The number of nitrogens with zero attached hydrogens (tertiary/aromatic N) is 8. The second-order valence-electron chi connectivity index (χ2n) is 23.0. The summed E-state index contributed by atoms with van der Waals surface area (Å²) in [6.07, 6.45) is 0. The van der Waals surface area contributed by atoms with Gasteiger partial charge >= 0.3 is 0 Å². The van der Waals surface area contributed by atoms with Crippen LogP contribution >= 0.6 is 0 Å². The van der Waals surface area contributed by atoms with Crippen LogP contribution in [-0.2, 0) is 0 Å². The molecule has 0 aliphatic rings. The van der Waals surface area contributed by atoms with Gasteiger partial charge in [0.1, 0.15) is 0 Å². The lowest BCUT2D eigenvalue weighted by Gasteiger charge is -2.19. The van der Waals surface area contributed by atoms with Crippen LogP contribution in [0.2, 0.25) is 0 Å². The van der Waals surface area contributed by atoms with E-state index < -0.39 is 0 Å². The van der Waals surface area contributed by atoms with E-state index in [-0.39, 0.29) is 0 Å². The summed E-state index contributed by atoms with van der Waals surface area (Å²) in [7, 11) is 0. The number of aromatic nitrogens is 7. The monoisotopic (exact) mass is 1150 g/mol. The summed E-state index contributed by atoms with van der Waals surface area (Å²) >= 11 is 0. The van der Waals surface area contributed by atoms with Crippen molar-refractivity contribution in [2.75, 3.05) is 0 Å². The first-order valence-electron chi connectivity index (χ1n) is 30.3. The normalized spacial score (nSPS) is 11.8. The molecule has 0 spiro atoms. The van der Waals surface area contributed by atoms with Crippen LogP contribution in [0.15, 0.2) is 303 Å². The molecule has 0 atom stereocenters. The molecule has 0 amide bonds. The van der Waals surface area contributed by atoms with Gasteiger partial charge in [0.25, 0.3) is 0 Å². The molecule has 0 saturated carbocycles. The molecule has 0 saturated heterocycles. The van der Waals surface area contributed by atoms with Crippen LogP contribution in [-0.4, -0.2) is 33.2 Å². The average molecular weight is 1150 g/mol. The Balaban J connectivity index is 0.941. The molecule has 0 fully saturated rings. The summed E-state index contributed by atoms with van der Waals surface area (Å²) in [5, 5.41) is 20.0. The molecule has 418 valence electrons. The van der Waals surface area contributed by atoms with E-state index in [1.807, 2.05) is 78.9 Å². The van der Waals surface area contributed by atoms with Crippen molar-refractivity contribution >= 4 is 87.2 Å². The van der Waals surface area contributed by atoms with Crippen LogP contribution in [0, 0.1) is 11.3 Å². The maximum absolute atomic E-state index is 10.6. The lowest BCUT2D eigenvalue weighted by atomic mass is 9.94. The fraction of sp³-hybridized carbons (Fsp3) is 0. The predicted molar refractivity (Wildman–Crippen MR) is 369 cm³/mol. The first-order valence-corrected chi connectivity index (χ1v) is 30.3. The number of hydrogen-bond donors (Lipinski definition) is 0. The molecule has 18 aromatic rings. The zero-order valence-electron chi connectivity index (χ0n) is 48.4. The van der Waals surface area contributed by atoms with Crippen molar-refractivity contribution in [2.24, 2.45) is 0 Å². The largest absolute Gasteiger partial charge is 0.309 e. The van der Waals surface area contributed by atoms with E-state index in [1.54, 1.807) is 0 Å². The van der Waals surface area contributed by atoms with E-state index in [0.29, 0.717) is 23.0 Å². The number of benzene rings is 13. The summed E-state index contributed by atoms with van der Waals surface area (Å²) in [4.78, 5) is 15.7. The fourth-order valence-electron chi connectivity index (χ4n) is 14.2. The van der Waals surface area contributed by atoms with Crippen molar-refractivity contribution in [3.63, 3.8) is 0 Å². The first kappa shape index (κ1) is 50.8. The minimum absolute atomic E-state index is 0.551. The summed E-state index contributed by atoms with van der Waals surface area (Å²) < 4.78 is 9.74. The summed E-state index contributed by atoms with van der Waals surface area (Å²) in [6.45, 7) is 0. The molecule has 8 nitrogen and oxygen atoms in total. The molecule has 5 heterocycles. The molecule has 13 aromatic carbocycles. The molecule has 0 radical (unpaired) electrons. The second kappa shape index (κ2) is 20.3. The highest BCUT2D eigenvalue weighted by Gasteiger charge is 2.26. The zero-order valence-corrected chi connectivity index (χ0v) is 48.4. The quantitative estimate of drug-likeness (QED) is 0.144. The molecule has 0 N–H and O–H groups in total. The fourth-order valence-corrected chi connectivity index (χ4v) is 14.2. The molecular weight excluding hydrogens is 1100 g/mol. The third kappa shape index (κ3) is 7.83. The summed E-state index contributed by atoms with van der Waals surface area (Å²) in [5.74, 6) is 1.72. The molecular formula is C82H50N8. The number of nitriles is 1. The van der Waals surface area contributed by atoms with E-state index in [4.69, 9.17) is 15.0 Å². The first-order chi connectivity index (χ1) is 44.6. The van der Waals surface area contributed by atoms with Gasteiger partial charge in [-0.05, 0) is 114 Å². The number of hydrogen-bond acceptors (Lipinski definition) is 4. The maximum Gasteiger partial charge on any atom is 0.164 e. The molecule has 5 aromatic heterocycles. The topological polar surface area (TPSA) is 82.2 Å². The van der Waals surface area contributed by atoms with E-state index >= 15 is 0 Å². The van der Waals surface area contributed by atoms with Crippen LogP contribution < -0.4 is 0 Å². The molecule has 8 heteroatoms. The SMILES string of the molecule is N#Cc1cccc(-c2cc(-c3cc(-c4nc(-c5ccccc5)nc(-c5ccccc5)n4)ccc3-n3c4ccccc4c4c3ccc3c5ccccc5n(-c5ccccc5)c34)ccc2-n2c3ccccc3c3c2ccc2c4ccccc4n(-c4ccccc4)c23)c1. The third-order valence-electron chi connectivity index (χ3n) is 18.0. The molecule has 0 bridgehead atoms. The highest BCUT2D eigenvalue weighted by atomic mass is 15.1. The second-order valence-corrected chi connectivity index (χ2v) is 23.0. The van der Waals surface area contributed by atoms with Gasteiger partial charge in [0.05, 0.1) is 67.1 Å². The van der Waals surface area contributed by atoms with Crippen LogP contribution in [0.25, 0.3) is 166 Å². The van der Waals surface area contributed by atoms with Gasteiger partial charge in [-0.25, -0.2) is 15.0 Å².